The van der Waals surface area contributed by atoms with E-state index < -0.39 is 0 Å². The van der Waals surface area contributed by atoms with E-state index in [4.69, 9.17) is 0 Å². The van der Waals surface area contributed by atoms with Crippen molar-refractivity contribution >= 4 is 12.1 Å². The van der Waals surface area contributed by atoms with Gasteiger partial charge in [-0.15, -0.1) is 0 Å². The van der Waals surface area contributed by atoms with Crippen LogP contribution >= 0.6 is 0 Å². The van der Waals surface area contributed by atoms with Crippen molar-refractivity contribution < 1.29 is 9.59 Å². The summed E-state index contributed by atoms with van der Waals surface area (Å²) in [4.78, 5) is 23.9. The van der Waals surface area contributed by atoms with Gasteiger partial charge in [-0.3, -0.25) is 9.59 Å². The second-order valence-corrected chi connectivity index (χ2v) is 5.39. The first kappa shape index (κ1) is 12.8. The number of fused-ring (bicyclic) bond motifs is 1. The van der Waals surface area contributed by atoms with Crippen LogP contribution in [0.5, 0.6) is 0 Å². The summed E-state index contributed by atoms with van der Waals surface area (Å²) in [6.07, 6.45) is 1.61. The molecule has 2 nitrogen and oxygen atoms in total. The van der Waals surface area contributed by atoms with Crippen molar-refractivity contribution in [2.24, 2.45) is 0 Å². The summed E-state index contributed by atoms with van der Waals surface area (Å²) in [5.41, 5.74) is 3.40. The number of benzene rings is 2. The molecule has 0 saturated heterocycles. The predicted octanol–water partition coefficient (Wildman–Crippen LogP) is 3.97. The SMILES string of the molecule is CC1CC(c2ccccc2C=O)C(=O)c2ccccc21. The highest BCUT2D eigenvalue weighted by atomic mass is 16.1. The lowest BCUT2D eigenvalue weighted by molar-refractivity contribution is 0.0940. The summed E-state index contributed by atoms with van der Waals surface area (Å²) >= 11 is 0. The Kier molecular flexibility index (Phi) is 3.23. The standard InChI is InChI=1S/C18H16O2/c1-12-10-17(15-8-3-2-6-13(15)11-19)18(20)16-9-5-4-7-14(12)16/h2-9,11-12,17H,10H2,1H3. The zero-order valence-electron chi connectivity index (χ0n) is 11.4. The first-order valence-electron chi connectivity index (χ1n) is 6.89. The van der Waals surface area contributed by atoms with Gasteiger partial charge in [0.2, 0.25) is 0 Å². The van der Waals surface area contributed by atoms with Gasteiger partial charge in [-0.2, -0.15) is 0 Å². The number of hydrogen-bond acceptors (Lipinski definition) is 2. The molecule has 0 fully saturated rings. The van der Waals surface area contributed by atoms with E-state index in [9.17, 15) is 9.59 Å². The first-order valence-corrected chi connectivity index (χ1v) is 6.89. The van der Waals surface area contributed by atoms with Crippen molar-refractivity contribution in [3.8, 4) is 0 Å². The van der Waals surface area contributed by atoms with Gasteiger partial charge in [0.25, 0.3) is 0 Å². The van der Waals surface area contributed by atoms with Gasteiger partial charge in [-0.25, -0.2) is 0 Å². The van der Waals surface area contributed by atoms with Gasteiger partial charge < -0.3 is 0 Å². The molecule has 20 heavy (non-hydrogen) atoms. The van der Waals surface area contributed by atoms with E-state index >= 15 is 0 Å². The van der Waals surface area contributed by atoms with Gasteiger partial charge in [0.1, 0.15) is 6.29 Å². The van der Waals surface area contributed by atoms with Crippen LogP contribution < -0.4 is 0 Å². The minimum Gasteiger partial charge on any atom is -0.298 e. The molecule has 3 rings (SSSR count). The molecule has 2 atom stereocenters. The minimum absolute atomic E-state index is 0.132. The van der Waals surface area contributed by atoms with Crippen LogP contribution in [0.3, 0.4) is 0 Å². The van der Waals surface area contributed by atoms with E-state index in [0.717, 1.165) is 29.4 Å². The van der Waals surface area contributed by atoms with Gasteiger partial charge in [-0.05, 0) is 23.5 Å². The minimum atomic E-state index is -0.207. The normalized spacial score (nSPS) is 21.4. The van der Waals surface area contributed by atoms with Crippen LogP contribution in [0, 0.1) is 0 Å². The Labute approximate surface area is 118 Å². The van der Waals surface area contributed by atoms with Gasteiger partial charge in [0, 0.05) is 17.0 Å². The maximum absolute atomic E-state index is 12.7. The number of aldehydes is 1. The molecule has 2 unspecified atom stereocenters. The molecule has 2 aromatic carbocycles. The maximum atomic E-state index is 12.7. The molecular weight excluding hydrogens is 248 g/mol. The molecule has 2 aromatic rings. The molecule has 0 aromatic heterocycles. The van der Waals surface area contributed by atoms with E-state index in [1.54, 1.807) is 6.07 Å². The van der Waals surface area contributed by atoms with Crippen molar-refractivity contribution in [3.63, 3.8) is 0 Å². The van der Waals surface area contributed by atoms with E-state index in [1.165, 1.54) is 0 Å². The number of rotatable bonds is 2. The van der Waals surface area contributed by atoms with Gasteiger partial charge in [0.05, 0.1) is 0 Å². The topological polar surface area (TPSA) is 34.1 Å². The quantitative estimate of drug-likeness (QED) is 0.769. The summed E-state index contributed by atoms with van der Waals surface area (Å²) in [5.74, 6) is 0.253. The fourth-order valence-electron chi connectivity index (χ4n) is 3.13. The molecule has 0 saturated carbocycles. The van der Waals surface area contributed by atoms with Gasteiger partial charge in [-0.1, -0.05) is 55.5 Å². The molecule has 0 bridgehead atoms. The van der Waals surface area contributed by atoms with Gasteiger partial charge in [0.15, 0.2) is 5.78 Å². The van der Waals surface area contributed by atoms with E-state index in [-0.39, 0.29) is 11.7 Å². The highest BCUT2D eigenvalue weighted by Crippen LogP contribution is 2.40. The predicted molar refractivity (Wildman–Crippen MR) is 78.4 cm³/mol. The van der Waals surface area contributed by atoms with Crippen molar-refractivity contribution in [1.82, 2.24) is 0 Å². The van der Waals surface area contributed by atoms with Crippen LogP contribution in [0.4, 0.5) is 0 Å². The van der Waals surface area contributed by atoms with Crippen LogP contribution in [0.1, 0.15) is 57.0 Å². The molecule has 2 heteroatoms. The lowest BCUT2D eigenvalue weighted by atomic mass is 9.73. The van der Waals surface area contributed by atoms with E-state index in [1.807, 2.05) is 42.5 Å². The fraction of sp³-hybridized carbons (Fsp3) is 0.222. The lowest BCUT2D eigenvalue weighted by Crippen LogP contribution is -2.23. The van der Waals surface area contributed by atoms with Crippen LogP contribution in [-0.2, 0) is 0 Å². The van der Waals surface area contributed by atoms with Crippen LogP contribution in [-0.4, -0.2) is 12.1 Å². The third-order valence-corrected chi connectivity index (χ3v) is 4.16. The average molecular weight is 264 g/mol. The number of ketones is 1. The Balaban J connectivity index is 2.09. The van der Waals surface area contributed by atoms with Crippen molar-refractivity contribution in [2.75, 3.05) is 0 Å². The van der Waals surface area contributed by atoms with Crippen LogP contribution in [0.2, 0.25) is 0 Å². The number of carbonyl (C=O) groups is 2. The summed E-state index contributed by atoms with van der Waals surface area (Å²) in [6, 6.07) is 15.2. The highest BCUT2D eigenvalue weighted by molar-refractivity contribution is 6.04. The Morgan fingerprint density at radius 1 is 1.00 bits per heavy atom. The maximum Gasteiger partial charge on any atom is 0.170 e. The van der Waals surface area contributed by atoms with Gasteiger partial charge >= 0.3 is 0 Å². The number of carbonyl (C=O) groups excluding carboxylic acids is 2. The Morgan fingerprint density at radius 3 is 2.40 bits per heavy atom. The van der Waals surface area contributed by atoms with Crippen LogP contribution in [0.25, 0.3) is 0 Å². The largest absolute Gasteiger partial charge is 0.298 e. The number of hydrogen-bond donors (Lipinski definition) is 0. The highest BCUT2D eigenvalue weighted by Gasteiger charge is 2.33. The number of Topliss-reactive ketones (excluding diaryl/α,β-unsaturated/α-hetero) is 1. The summed E-state index contributed by atoms with van der Waals surface area (Å²) in [6.45, 7) is 2.14. The van der Waals surface area contributed by atoms with Crippen LogP contribution in [0.15, 0.2) is 48.5 Å². The van der Waals surface area contributed by atoms with E-state index in [2.05, 4.69) is 6.92 Å². The van der Waals surface area contributed by atoms with Crippen molar-refractivity contribution in [2.45, 2.75) is 25.2 Å². The van der Waals surface area contributed by atoms with Crippen molar-refractivity contribution in [3.05, 3.63) is 70.8 Å². The lowest BCUT2D eigenvalue weighted by Gasteiger charge is -2.29. The van der Waals surface area contributed by atoms with Crippen molar-refractivity contribution in [1.29, 1.82) is 0 Å². The molecule has 0 N–H and O–H groups in total. The molecule has 0 heterocycles. The zero-order chi connectivity index (χ0) is 14.1. The summed E-state index contributed by atoms with van der Waals surface area (Å²) in [5, 5.41) is 0. The molecule has 0 radical (unpaired) electrons. The fourth-order valence-corrected chi connectivity index (χ4v) is 3.13. The Morgan fingerprint density at radius 2 is 1.65 bits per heavy atom. The Bertz CT molecular complexity index is 673. The molecule has 0 spiro atoms. The molecule has 1 aliphatic rings. The third-order valence-electron chi connectivity index (χ3n) is 4.16. The first-order chi connectivity index (χ1) is 9.72. The van der Waals surface area contributed by atoms with E-state index in [0.29, 0.717) is 11.5 Å². The monoisotopic (exact) mass is 264 g/mol. The second-order valence-electron chi connectivity index (χ2n) is 5.39. The third kappa shape index (κ3) is 1.97. The Hall–Kier alpha value is -2.22. The smallest absolute Gasteiger partial charge is 0.170 e. The zero-order valence-corrected chi connectivity index (χ0v) is 11.4. The summed E-state index contributed by atoms with van der Waals surface area (Å²) < 4.78 is 0. The molecule has 100 valence electrons. The molecular formula is C18H16O2. The second kappa shape index (κ2) is 5.04. The average Bonchev–Trinajstić information content (AvgIpc) is 2.51. The molecule has 0 amide bonds. The molecule has 1 aliphatic carbocycles. The summed E-state index contributed by atoms with van der Waals surface area (Å²) in [7, 11) is 0. The molecule has 0 aliphatic heterocycles.